The third-order valence-corrected chi connectivity index (χ3v) is 5.76. The Morgan fingerprint density at radius 1 is 0.621 bits per heavy atom. The van der Waals surface area contributed by atoms with Crippen LogP contribution in [0.15, 0.2) is 0 Å². The number of hydrogen-bond donors (Lipinski definition) is 1. The molecule has 0 aromatic carbocycles. The molecule has 0 saturated heterocycles. The fraction of sp³-hybridized carbons (Fsp3) is 1.00. The molecular weight excluding hydrogens is 459 g/mol. The average molecular weight is 480 g/mol. The van der Waals surface area contributed by atoms with E-state index in [-0.39, 0.29) is 0 Å². The standard InChI is InChI=1S/C8H20N.C5HF11O3S/c1-5-9(6-2,7-3)8-4;6-1(7,2(8,9)4(11,12)13)3(10,5(14,15)16)20(17,18)19/h5-8H2,1-4H3;(H,17,18,19)/q+1;. The number of quaternary nitrogens is 1. The van der Waals surface area contributed by atoms with Gasteiger partial charge in [0.2, 0.25) is 0 Å². The van der Waals surface area contributed by atoms with E-state index in [1.54, 1.807) is 0 Å². The first kappa shape index (κ1) is 30.3. The lowest BCUT2D eigenvalue weighted by Gasteiger charge is -2.36. The van der Waals surface area contributed by atoms with Crippen LogP contribution in [0.3, 0.4) is 0 Å². The largest absolute Gasteiger partial charge is 0.460 e. The highest BCUT2D eigenvalue weighted by Gasteiger charge is 2.91. The molecule has 0 bridgehead atoms. The van der Waals surface area contributed by atoms with Crippen molar-refractivity contribution in [3.63, 3.8) is 0 Å². The second kappa shape index (κ2) is 9.08. The summed E-state index contributed by atoms with van der Waals surface area (Å²) in [4.78, 5) is 0. The van der Waals surface area contributed by atoms with Gasteiger partial charge in [0.1, 0.15) is 0 Å². The van der Waals surface area contributed by atoms with Crippen molar-refractivity contribution in [1.29, 1.82) is 0 Å². The zero-order valence-corrected chi connectivity index (χ0v) is 16.4. The predicted octanol–water partition coefficient (Wildman–Crippen LogP) is 4.82. The monoisotopic (exact) mass is 480 g/mol. The molecule has 1 unspecified atom stereocenters. The molecule has 0 spiro atoms. The predicted molar refractivity (Wildman–Crippen MR) is 79.8 cm³/mol. The normalized spacial score (nSPS) is 16.7. The van der Waals surface area contributed by atoms with Crippen LogP contribution in [-0.2, 0) is 10.1 Å². The first-order chi connectivity index (χ1) is 12.5. The molecule has 0 heterocycles. The first-order valence-electron chi connectivity index (χ1n) is 7.89. The Hall–Kier alpha value is -0.900. The highest BCUT2D eigenvalue weighted by molar-refractivity contribution is 7.87. The number of rotatable bonds is 7. The zero-order chi connectivity index (χ0) is 24.3. The van der Waals surface area contributed by atoms with Gasteiger partial charge in [-0.3, -0.25) is 4.55 Å². The van der Waals surface area contributed by atoms with E-state index in [1.165, 1.54) is 30.7 Å². The third kappa shape index (κ3) is 5.42. The van der Waals surface area contributed by atoms with Crippen molar-refractivity contribution in [2.75, 3.05) is 26.2 Å². The lowest BCUT2D eigenvalue weighted by Crippen LogP contribution is -2.70. The molecular formula is C13H21F11NO3S+. The van der Waals surface area contributed by atoms with Gasteiger partial charge in [0.15, 0.2) is 0 Å². The summed E-state index contributed by atoms with van der Waals surface area (Å²) >= 11 is 0. The lowest BCUT2D eigenvalue weighted by atomic mass is 10.1. The van der Waals surface area contributed by atoms with Gasteiger partial charge in [-0.15, -0.1) is 0 Å². The fourth-order valence-corrected chi connectivity index (χ4v) is 2.95. The van der Waals surface area contributed by atoms with Crippen molar-refractivity contribution in [1.82, 2.24) is 0 Å². The molecule has 0 rings (SSSR count). The van der Waals surface area contributed by atoms with Crippen molar-refractivity contribution in [3.05, 3.63) is 0 Å². The molecule has 1 atom stereocenters. The third-order valence-electron chi connectivity index (χ3n) is 4.56. The van der Waals surface area contributed by atoms with Gasteiger partial charge < -0.3 is 4.48 Å². The maximum absolute atomic E-state index is 12.9. The van der Waals surface area contributed by atoms with Crippen LogP contribution in [0.1, 0.15) is 27.7 Å². The second-order valence-electron chi connectivity index (χ2n) is 5.82. The molecule has 0 aliphatic carbocycles. The Labute approximate surface area is 160 Å². The minimum atomic E-state index is -7.88. The minimum absolute atomic E-state index is 1.28. The smallest absolute Gasteiger partial charge is 0.325 e. The van der Waals surface area contributed by atoms with E-state index in [4.69, 9.17) is 4.55 Å². The van der Waals surface area contributed by atoms with E-state index in [0.717, 1.165) is 0 Å². The van der Waals surface area contributed by atoms with Crippen molar-refractivity contribution in [2.24, 2.45) is 0 Å². The first-order valence-corrected chi connectivity index (χ1v) is 9.33. The molecule has 0 aromatic heterocycles. The van der Waals surface area contributed by atoms with Gasteiger partial charge in [-0.25, -0.2) is 4.39 Å². The van der Waals surface area contributed by atoms with Crippen molar-refractivity contribution in [3.8, 4) is 0 Å². The number of hydrogen-bond acceptors (Lipinski definition) is 2. The Morgan fingerprint density at radius 2 is 0.897 bits per heavy atom. The highest BCUT2D eigenvalue weighted by Crippen LogP contribution is 2.58. The van der Waals surface area contributed by atoms with Crippen LogP contribution in [-0.4, -0.2) is 72.8 Å². The molecule has 178 valence electrons. The van der Waals surface area contributed by atoms with Gasteiger partial charge in [0.25, 0.3) is 0 Å². The number of halogens is 11. The van der Waals surface area contributed by atoms with Crippen molar-refractivity contribution < 1.29 is 65.7 Å². The number of nitrogens with zero attached hydrogens (tertiary/aromatic N) is 1. The molecule has 0 aliphatic heterocycles. The van der Waals surface area contributed by atoms with Crippen molar-refractivity contribution >= 4 is 10.1 Å². The van der Waals surface area contributed by atoms with E-state index in [0.29, 0.717) is 0 Å². The average Bonchev–Trinajstić information content (AvgIpc) is 2.54. The molecule has 0 saturated carbocycles. The highest BCUT2D eigenvalue weighted by atomic mass is 32.2. The lowest BCUT2D eigenvalue weighted by molar-refractivity contribution is -0.921. The Kier molecular flexibility index (Phi) is 9.48. The summed E-state index contributed by atoms with van der Waals surface area (Å²) in [5, 5.41) is -7.56. The van der Waals surface area contributed by atoms with Crippen LogP contribution >= 0.6 is 0 Å². The van der Waals surface area contributed by atoms with Gasteiger partial charge in [0.05, 0.1) is 26.2 Å². The molecule has 1 N–H and O–H groups in total. The van der Waals surface area contributed by atoms with Gasteiger partial charge >= 0.3 is 39.3 Å². The van der Waals surface area contributed by atoms with E-state index >= 15 is 0 Å². The Morgan fingerprint density at radius 3 is 1.00 bits per heavy atom. The van der Waals surface area contributed by atoms with Crippen LogP contribution in [0, 0.1) is 0 Å². The molecule has 0 aromatic rings. The molecule has 0 amide bonds. The molecule has 16 heteroatoms. The topological polar surface area (TPSA) is 54.4 Å². The van der Waals surface area contributed by atoms with Crippen LogP contribution < -0.4 is 0 Å². The van der Waals surface area contributed by atoms with E-state index < -0.39 is 39.3 Å². The summed E-state index contributed by atoms with van der Waals surface area (Å²) in [6.45, 7) is 14.2. The fourth-order valence-electron chi connectivity index (χ4n) is 2.21. The summed E-state index contributed by atoms with van der Waals surface area (Å²) < 4.78 is 162. The minimum Gasteiger partial charge on any atom is -0.325 e. The van der Waals surface area contributed by atoms with Crippen LogP contribution in [0.2, 0.25) is 0 Å². The van der Waals surface area contributed by atoms with E-state index in [1.807, 2.05) is 0 Å². The van der Waals surface area contributed by atoms with Gasteiger partial charge in [-0.05, 0) is 27.7 Å². The summed E-state index contributed by atoms with van der Waals surface area (Å²) in [5.41, 5.74) is 0. The zero-order valence-electron chi connectivity index (χ0n) is 15.6. The van der Waals surface area contributed by atoms with Crippen LogP contribution in [0.4, 0.5) is 48.3 Å². The summed E-state index contributed by atoms with van der Waals surface area (Å²) in [6, 6.07) is 0. The quantitative estimate of drug-likeness (QED) is 0.323. The Bertz CT molecular complexity index is 609. The molecule has 29 heavy (non-hydrogen) atoms. The van der Waals surface area contributed by atoms with Gasteiger partial charge in [-0.2, -0.15) is 52.3 Å². The SMILES string of the molecule is CC[N+](CC)(CC)CC.O=S(=O)(O)C(F)(C(F)(F)F)C(F)(F)C(F)(F)C(F)(F)F. The molecule has 0 aliphatic rings. The van der Waals surface area contributed by atoms with Crippen molar-refractivity contribution in [2.45, 2.75) is 56.9 Å². The van der Waals surface area contributed by atoms with Gasteiger partial charge in [-0.1, -0.05) is 0 Å². The maximum atomic E-state index is 12.9. The Balaban J connectivity index is 0. The van der Waals surface area contributed by atoms with Crippen LogP contribution in [0.25, 0.3) is 0 Å². The van der Waals surface area contributed by atoms with E-state index in [2.05, 4.69) is 27.7 Å². The summed E-state index contributed by atoms with van der Waals surface area (Å²) in [7, 11) is -7.74. The second-order valence-corrected chi connectivity index (χ2v) is 7.33. The molecule has 0 radical (unpaired) electrons. The van der Waals surface area contributed by atoms with E-state index in [9.17, 15) is 56.7 Å². The van der Waals surface area contributed by atoms with Crippen LogP contribution in [0.5, 0.6) is 0 Å². The molecule has 4 nitrogen and oxygen atoms in total. The summed E-state index contributed by atoms with van der Waals surface area (Å²) in [5.74, 6) is -15.6. The summed E-state index contributed by atoms with van der Waals surface area (Å²) in [6.07, 6.45) is -14.9. The number of alkyl halides is 11. The maximum Gasteiger partial charge on any atom is 0.460 e. The van der Waals surface area contributed by atoms with Gasteiger partial charge in [0, 0.05) is 0 Å². The molecule has 0 fully saturated rings.